The number of hydrogen-bond acceptors (Lipinski definition) is 5. The Hall–Kier alpha value is -3.40. The van der Waals surface area contributed by atoms with Gasteiger partial charge < -0.3 is 0 Å². The SMILES string of the molecule is O=C(Cc1csc(NC(=O)c2ccccc2)n1)NNc1cccc(C(F)(F)F)c1. The molecule has 0 atom stereocenters. The number of halogens is 3. The number of nitrogens with one attached hydrogen (secondary N) is 3. The minimum Gasteiger partial charge on any atom is -0.299 e. The van der Waals surface area contributed by atoms with Gasteiger partial charge in [-0.15, -0.1) is 11.3 Å². The van der Waals surface area contributed by atoms with E-state index >= 15 is 0 Å². The summed E-state index contributed by atoms with van der Waals surface area (Å²) in [6.45, 7) is 0. The number of aromatic nitrogens is 1. The summed E-state index contributed by atoms with van der Waals surface area (Å²) in [7, 11) is 0. The van der Waals surface area contributed by atoms with Crippen molar-refractivity contribution in [3.8, 4) is 0 Å². The molecule has 10 heteroatoms. The summed E-state index contributed by atoms with van der Waals surface area (Å²) in [5.74, 6) is -0.809. The quantitative estimate of drug-likeness (QED) is 0.525. The summed E-state index contributed by atoms with van der Waals surface area (Å²) in [6.07, 6.45) is -4.58. The number of rotatable bonds is 6. The van der Waals surface area contributed by atoms with Crippen LogP contribution in [0.3, 0.4) is 0 Å². The maximum atomic E-state index is 12.7. The highest BCUT2D eigenvalue weighted by Gasteiger charge is 2.30. The van der Waals surface area contributed by atoms with Gasteiger partial charge in [-0.2, -0.15) is 13.2 Å². The van der Waals surface area contributed by atoms with Crippen LogP contribution in [0.15, 0.2) is 60.0 Å². The van der Waals surface area contributed by atoms with Crippen molar-refractivity contribution < 1.29 is 22.8 Å². The van der Waals surface area contributed by atoms with E-state index < -0.39 is 17.6 Å². The number of anilines is 2. The summed E-state index contributed by atoms with van der Waals surface area (Å²) < 4.78 is 38.1. The van der Waals surface area contributed by atoms with Crippen LogP contribution in [0.1, 0.15) is 21.6 Å². The molecule has 0 unspecified atom stereocenters. The van der Waals surface area contributed by atoms with Crippen LogP contribution >= 0.6 is 11.3 Å². The van der Waals surface area contributed by atoms with Crippen molar-refractivity contribution in [2.75, 3.05) is 10.7 Å². The zero-order valence-electron chi connectivity index (χ0n) is 14.8. The highest BCUT2D eigenvalue weighted by atomic mass is 32.1. The minimum atomic E-state index is -4.47. The first-order valence-corrected chi connectivity index (χ1v) is 9.22. The van der Waals surface area contributed by atoms with Gasteiger partial charge in [0, 0.05) is 10.9 Å². The molecule has 0 bridgehead atoms. The van der Waals surface area contributed by atoms with Gasteiger partial charge in [-0.1, -0.05) is 24.3 Å². The van der Waals surface area contributed by atoms with Crippen LogP contribution in [0.5, 0.6) is 0 Å². The number of benzene rings is 2. The molecule has 0 saturated heterocycles. The van der Waals surface area contributed by atoms with Crippen LogP contribution in [0, 0.1) is 0 Å². The van der Waals surface area contributed by atoms with Crippen molar-refractivity contribution in [2.24, 2.45) is 0 Å². The monoisotopic (exact) mass is 420 g/mol. The van der Waals surface area contributed by atoms with E-state index in [1.54, 1.807) is 35.7 Å². The minimum absolute atomic E-state index is 0.0993. The molecule has 0 fully saturated rings. The average Bonchev–Trinajstić information content (AvgIpc) is 3.13. The first-order chi connectivity index (χ1) is 13.8. The normalized spacial score (nSPS) is 11.0. The number of alkyl halides is 3. The zero-order chi connectivity index (χ0) is 20.9. The highest BCUT2D eigenvalue weighted by Crippen LogP contribution is 2.30. The topological polar surface area (TPSA) is 83.1 Å². The van der Waals surface area contributed by atoms with E-state index in [0.717, 1.165) is 12.1 Å². The van der Waals surface area contributed by atoms with Crippen molar-refractivity contribution >= 4 is 34.0 Å². The Labute approximate surface area is 167 Å². The molecule has 150 valence electrons. The largest absolute Gasteiger partial charge is 0.416 e. The Morgan fingerprint density at radius 1 is 1.03 bits per heavy atom. The van der Waals surface area contributed by atoms with Gasteiger partial charge in [-0.05, 0) is 30.3 Å². The van der Waals surface area contributed by atoms with E-state index in [9.17, 15) is 22.8 Å². The second-order valence-electron chi connectivity index (χ2n) is 5.89. The molecule has 0 aliphatic heterocycles. The molecule has 0 aliphatic rings. The summed E-state index contributed by atoms with van der Waals surface area (Å²) >= 11 is 1.17. The summed E-state index contributed by atoms with van der Waals surface area (Å²) in [4.78, 5) is 28.3. The van der Waals surface area contributed by atoms with E-state index in [2.05, 4.69) is 21.2 Å². The Balaban J connectivity index is 1.52. The molecular weight excluding hydrogens is 405 g/mol. The van der Waals surface area contributed by atoms with Crippen LogP contribution in [0.25, 0.3) is 0 Å². The Bertz CT molecular complexity index is 1010. The maximum absolute atomic E-state index is 12.7. The van der Waals surface area contributed by atoms with Gasteiger partial charge in [0.2, 0.25) is 5.91 Å². The van der Waals surface area contributed by atoms with Gasteiger partial charge in [0.25, 0.3) is 5.91 Å². The summed E-state index contributed by atoms with van der Waals surface area (Å²) in [6, 6.07) is 13.1. The third kappa shape index (κ3) is 5.79. The number of nitrogens with zero attached hydrogens (tertiary/aromatic N) is 1. The third-order valence-electron chi connectivity index (χ3n) is 3.69. The first kappa shape index (κ1) is 20.3. The molecule has 1 heterocycles. The molecule has 0 radical (unpaired) electrons. The van der Waals surface area contributed by atoms with Gasteiger partial charge >= 0.3 is 6.18 Å². The zero-order valence-corrected chi connectivity index (χ0v) is 15.6. The van der Waals surface area contributed by atoms with Crippen LogP contribution in [-0.2, 0) is 17.4 Å². The molecular formula is C19H15F3N4O2S. The van der Waals surface area contributed by atoms with Gasteiger partial charge in [0.05, 0.1) is 23.4 Å². The molecule has 6 nitrogen and oxygen atoms in total. The fourth-order valence-electron chi connectivity index (χ4n) is 2.33. The summed E-state index contributed by atoms with van der Waals surface area (Å²) in [5, 5.41) is 4.60. The van der Waals surface area contributed by atoms with Gasteiger partial charge in [-0.25, -0.2) is 4.98 Å². The number of carbonyl (C=O) groups excluding carboxylic acids is 2. The van der Waals surface area contributed by atoms with Crippen LogP contribution < -0.4 is 16.2 Å². The highest BCUT2D eigenvalue weighted by molar-refractivity contribution is 7.14. The molecule has 3 N–H and O–H groups in total. The third-order valence-corrected chi connectivity index (χ3v) is 4.49. The average molecular weight is 420 g/mol. The van der Waals surface area contributed by atoms with Crippen LogP contribution in [0.2, 0.25) is 0 Å². The van der Waals surface area contributed by atoms with E-state index in [4.69, 9.17) is 0 Å². The van der Waals surface area contributed by atoms with Crippen molar-refractivity contribution in [2.45, 2.75) is 12.6 Å². The fourth-order valence-corrected chi connectivity index (χ4v) is 3.03. The van der Waals surface area contributed by atoms with E-state index in [-0.39, 0.29) is 18.0 Å². The number of amides is 2. The molecule has 0 spiro atoms. The standard InChI is InChI=1S/C19H15F3N4O2S/c20-19(21,22)13-7-4-8-14(9-13)25-26-16(27)10-15-11-29-18(23-15)24-17(28)12-5-2-1-3-6-12/h1-9,11,25H,10H2,(H,26,27)(H,23,24,28). The molecule has 0 aliphatic carbocycles. The van der Waals surface area contributed by atoms with Crippen molar-refractivity contribution in [3.05, 3.63) is 76.8 Å². The first-order valence-electron chi connectivity index (χ1n) is 8.34. The summed E-state index contributed by atoms with van der Waals surface area (Å²) in [5.41, 5.74) is 4.94. The number of hydrogen-bond donors (Lipinski definition) is 3. The van der Waals surface area contributed by atoms with E-state index in [0.29, 0.717) is 16.4 Å². The number of hydrazine groups is 1. The van der Waals surface area contributed by atoms with Crippen molar-refractivity contribution in [1.82, 2.24) is 10.4 Å². The van der Waals surface area contributed by atoms with Crippen molar-refractivity contribution in [3.63, 3.8) is 0 Å². The maximum Gasteiger partial charge on any atom is 0.416 e. The van der Waals surface area contributed by atoms with Gasteiger partial charge in [0.1, 0.15) is 0 Å². The second kappa shape index (κ2) is 8.74. The Kier molecular flexibility index (Phi) is 6.13. The van der Waals surface area contributed by atoms with Crippen molar-refractivity contribution in [1.29, 1.82) is 0 Å². The number of carbonyl (C=O) groups is 2. The molecule has 29 heavy (non-hydrogen) atoms. The van der Waals surface area contributed by atoms with E-state index in [1.165, 1.54) is 23.5 Å². The smallest absolute Gasteiger partial charge is 0.299 e. The molecule has 2 aromatic carbocycles. The van der Waals surface area contributed by atoms with Crippen LogP contribution in [0.4, 0.5) is 24.0 Å². The Morgan fingerprint density at radius 3 is 2.52 bits per heavy atom. The fraction of sp³-hybridized carbons (Fsp3) is 0.105. The molecule has 2 amide bonds. The van der Waals surface area contributed by atoms with Gasteiger partial charge in [0.15, 0.2) is 5.13 Å². The lowest BCUT2D eigenvalue weighted by Gasteiger charge is -2.11. The van der Waals surface area contributed by atoms with Gasteiger partial charge in [-0.3, -0.25) is 25.8 Å². The second-order valence-corrected chi connectivity index (χ2v) is 6.75. The lowest BCUT2D eigenvalue weighted by Crippen LogP contribution is -2.30. The molecule has 1 aromatic heterocycles. The predicted molar refractivity (Wildman–Crippen MR) is 103 cm³/mol. The van der Waals surface area contributed by atoms with Crippen LogP contribution in [-0.4, -0.2) is 16.8 Å². The Morgan fingerprint density at radius 2 is 1.79 bits per heavy atom. The lowest BCUT2D eigenvalue weighted by molar-refractivity contribution is -0.137. The predicted octanol–water partition coefficient (Wildman–Crippen LogP) is 4.10. The molecule has 3 aromatic rings. The molecule has 0 saturated carbocycles. The number of thiazole rings is 1. The lowest BCUT2D eigenvalue weighted by atomic mass is 10.2. The molecule has 3 rings (SSSR count). The van der Waals surface area contributed by atoms with E-state index in [1.807, 2.05) is 0 Å².